The molecule has 11 nitrogen and oxygen atoms in total. The molecule has 1 atom stereocenters. The minimum absolute atomic E-state index is 0.0594. The van der Waals surface area contributed by atoms with Crippen LogP contribution in [0.2, 0.25) is 5.02 Å². The Bertz CT molecular complexity index is 1580. The number of piperidine rings is 1. The second-order valence-corrected chi connectivity index (χ2v) is 12.4. The van der Waals surface area contributed by atoms with E-state index in [0.29, 0.717) is 53.4 Å². The third-order valence-electron chi connectivity index (χ3n) is 9.32. The fourth-order valence-electron chi connectivity index (χ4n) is 6.73. The number of anilines is 5. The number of piperazine rings is 1. The number of hydrogen-bond acceptors (Lipinski definition) is 10. The minimum atomic E-state index is -0.472. The van der Waals surface area contributed by atoms with Crippen molar-refractivity contribution in [2.24, 2.45) is 0 Å². The highest BCUT2D eigenvalue weighted by molar-refractivity contribution is 6.30. The quantitative estimate of drug-likeness (QED) is 0.265. The molecule has 0 bridgehead atoms. The van der Waals surface area contributed by atoms with Gasteiger partial charge in [0.25, 0.3) is 0 Å². The summed E-state index contributed by atoms with van der Waals surface area (Å²) in [5, 5.41) is 7.96. The van der Waals surface area contributed by atoms with Crippen LogP contribution in [0.5, 0.6) is 5.75 Å². The number of carbonyl (C=O) groups excluding carboxylic acids is 1. The Hall–Kier alpha value is -3.97. The summed E-state index contributed by atoms with van der Waals surface area (Å²) in [6.45, 7) is 13.6. The summed E-state index contributed by atoms with van der Waals surface area (Å²) in [6.07, 6.45) is 5.34. The average Bonchev–Trinajstić information content (AvgIpc) is 3.60. The lowest BCUT2D eigenvalue weighted by Gasteiger charge is -2.43. The number of amides is 1. The van der Waals surface area contributed by atoms with E-state index in [1.165, 1.54) is 18.5 Å². The summed E-state index contributed by atoms with van der Waals surface area (Å²) < 4.78 is 20.8. The second kappa shape index (κ2) is 14.8. The summed E-state index contributed by atoms with van der Waals surface area (Å²) in [6, 6.07) is 10.6. The third-order valence-corrected chi connectivity index (χ3v) is 9.62. The van der Waals surface area contributed by atoms with E-state index in [2.05, 4.69) is 48.8 Å². The normalized spacial score (nSPS) is 19.5. The molecule has 0 spiro atoms. The number of halogens is 2. The lowest BCUT2D eigenvalue weighted by molar-refractivity contribution is -0.111. The van der Waals surface area contributed by atoms with Gasteiger partial charge in [0.15, 0.2) is 5.82 Å². The number of nitrogens with one attached hydrogen (secondary N) is 2. The zero-order valence-corrected chi connectivity index (χ0v) is 27.7. The van der Waals surface area contributed by atoms with Crippen LogP contribution < -0.4 is 25.3 Å². The van der Waals surface area contributed by atoms with E-state index < -0.39 is 11.9 Å². The zero-order valence-electron chi connectivity index (χ0n) is 26.9. The van der Waals surface area contributed by atoms with Gasteiger partial charge in [-0.15, -0.1) is 0 Å². The van der Waals surface area contributed by atoms with E-state index in [1.54, 1.807) is 30.4 Å². The van der Waals surface area contributed by atoms with Crippen molar-refractivity contribution in [3.8, 4) is 5.75 Å². The van der Waals surface area contributed by atoms with Gasteiger partial charge in [-0.1, -0.05) is 37.2 Å². The van der Waals surface area contributed by atoms with E-state index in [-0.39, 0.29) is 10.9 Å². The maximum absolute atomic E-state index is 14.9. The highest BCUT2D eigenvalue weighted by atomic mass is 35.5. The fourth-order valence-corrected chi connectivity index (χ4v) is 6.91. The third kappa shape index (κ3) is 7.30. The summed E-state index contributed by atoms with van der Waals surface area (Å²) in [5.41, 5.74) is 2.56. The van der Waals surface area contributed by atoms with E-state index in [4.69, 9.17) is 21.2 Å². The van der Waals surface area contributed by atoms with Crippen LogP contribution >= 0.6 is 11.6 Å². The van der Waals surface area contributed by atoms with Crippen molar-refractivity contribution >= 4 is 46.2 Å². The Kier molecular flexibility index (Phi) is 10.4. The van der Waals surface area contributed by atoms with Crippen molar-refractivity contribution in [1.82, 2.24) is 19.8 Å². The molecule has 3 fully saturated rings. The highest BCUT2D eigenvalue weighted by Crippen LogP contribution is 2.41. The van der Waals surface area contributed by atoms with Crippen LogP contribution in [0, 0.1) is 5.82 Å². The van der Waals surface area contributed by atoms with Gasteiger partial charge < -0.3 is 25.2 Å². The van der Waals surface area contributed by atoms with Crippen molar-refractivity contribution in [3.05, 3.63) is 71.8 Å². The fraction of sp³-hybridized carbons (Fsp3) is 0.441. The molecule has 250 valence electrons. The lowest BCUT2D eigenvalue weighted by atomic mass is 10.0. The number of likely N-dealkylation sites (N-methyl/N-ethyl adjacent to an activating group) is 1. The average molecular weight is 665 g/mol. The summed E-state index contributed by atoms with van der Waals surface area (Å²) >= 11 is 6.07. The monoisotopic (exact) mass is 664 g/mol. The van der Waals surface area contributed by atoms with Crippen LogP contribution in [0.3, 0.4) is 0 Å². The SMILES string of the molecule is C=CC(=O)Nc1cc(Nc2cc(N3OCCC3c3cccc(Cl)c3F)ncn2)c(OC)cc1N1CCC(N2CCN(CC)CC2)CC1. The minimum Gasteiger partial charge on any atom is -0.494 e. The van der Waals surface area contributed by atoms with E-state index in [0.717, 1.165) is 64.3 Å². The van der Waals surface area contributed by atoms with Crippen molar-refractivity contribution in [1.29, 1.82) is 0 Å². The molecule has 0 saturated carbocycles. The van der Waals surface area contributed by atoms with E-state index in [9.17, 15) is 9.18 Å². The van der Waals surface area contributed by atoms with Gasteiger partial charge in [0.2, 0.25) is 5.91 Å². The molecule has 13 heteroatoms. The van der Waals surface area contributed by atoms with Crippen molar-refractivity contribution in [2.75, 3.05) is 80.1 Å². The van der Waals surface area contributed by atoms with Crippen LogP contribution in [0.25, 0.3) is 0 Å². The molecule has 1 aromatic heterocycles. The molecule has 4 heterocycles. The van der Waals surface area contributed by atoms with Crippen LogP contribution in [0.1, 0.15) is 37.8 Å². The molecule has 1 amide bonds. The Morgan fingerprint density at radius 1 is 1.11 bits per heavy atom. The summed E-state index contributed by atoms with van der Waals surface area (Å²) in [4.78, 5) is 34.7. The highest BCUT2D eigenvalue weighted by Gasteiger charge is 2.32. The van der Waals surface area contributed by atoms with Gasteiger partial charge >= 0.3 is 0 Å². The molecular formula is C34H42ClFN8O3. The van der Waals surface area contributed by atoms with Gasteiger partial charge in [0.1, 0.15) is 23.7 Å². The van der Waals surface area contributed by atoms with Gasteiger partial charge in [-0.25, -0.2) is 19.4 Å². The number of carbonyl (C=O) groups is 1. The summed E-state index contributed by atoms with van der Waals surface area (Å²) in [7, 11) is 1.61. The van der Waals surface area contributed by atoms with Gasteiger partial charge in [-0.3, -0.25) is 14.5 Å². The molecule has 3 saturated heterocycles. The molecule has 1 unspecified atom stereocenters. The molecule has 0 radical (unpaired) electrons. The van der Waals surface area contributed by atoms with Crippen LogP contribution in [0.4, 0.5) is 33.1 Å². The Balaban J connectivity index is 1.22. The predicted octanol–water partition coefficient (Wildman–Crippen LogP) is 5.64. The van der Waals surface area contributed by atoms with E-state index >= 15 is 0 Å². The van der Waals surface area contributed by atoms with Crippen LogP contribution in [-0.2, 0) is 9.63 Å². The first-order chi connectivity index (χ1) is 22.9. The number of aromatic nitrogens is 2. The number of hydroxylamine groups is 1. The van der Waals surface area contributed by atoms with Crippen molar-refractivity contribution in [3.63, 3.8) is 0 Å². The maximum atomic E-state index is 14.9. The predicted molar refractivity (Wildman–Crippen MR) is 183 cm³/mol. The zero-order chi connectivity index (χ0) is 32.9. The first kappa shape index (κ1) is 33.0. The number of rotatable bonds is 10. The standard InChI is InChI=1S/C34H42ClFN8O3/c1-4-33(45)40-26-19-27(30(46-3)20-29(26)43-12-9-23(10-13-43)42-16-14-41(5-2)15-17-42)39-31-21-32(38-22-37-31)44-28(11-18-47-44)24-7-6-8-25(35)34(24)36/h4,6-8,19-23,28H,1,5,9-18H2,2-3H3,(H,40,45)(H,37,38,39). The molecule has 47 heavy (non-hydrogen) atoms. The number of nitrogens with zero attached hydrogens (tertiary/aromatic N) is 6. The molecule has 2 N–H and O–H groups in total. The van der Waals surface area contributed by atoms with Gasteiger partial charge in [-0.05, 0) is 37.6 Å². The van der Waals surface area contributed by atoms with Crippen molar-refractivity contribution < 1.29 is 18.8 Å². The first-order valence-electron chi connectivity index (χ1n) is 16.2. The van der Waals surface area contributed by atoms with Gasteiger partial charge in [-0.2, -0.15) is 0 Å². The summed E-state index contributed by atoms with van der Waals surface area (Å²) in [5.74, 6) is 0.734. The number of benzene rings is 2. The number of ether oxygens (including phenoxy) is 1. The Labute approximate surface area is 280 Å². The molecule has 6 rings (SSSR count). The Morgan fingerprint density at radius 3 is 2.62 bits per heavy atom. The molecule has 3 aliphatic heterocycles. The van der Waals surface area contributed by atoms with Crippen LogP contribution in [-0.4, -0.2) is 91.2 Å². The van der Waals surface area contributed by atoms with Crippen molar-refractivity contribution in [2.45, 2.75) is 38.3 Å². The second-order valence-electron chi connectivity index (χ2n) is 11.9. The topological polar surface area (TPSA) is 98.3 Å². The largest absolute Gasteiger partial charge is 0.494 e. The molecular weight excluding hydrogens is 623 g/mol. The van der Waals surface area contributed by atoms with Gasteiger partial charge in [0, 0.05) is 69.4 Å². The first-order valence-corrected chi connectivity index (χ1v) is 16.6. The van der Waals surface area contributed by atoms with Crippen LogP contribution in [0.15, 0.2) is 55.4 Å². The Morgan fingerprint density at radius 2 is 1.89 bits per heavy atom. The van der Waals surface area contributed by atoms with E-state index in [1.807, 2.05) is 12.1 Å². The molecule has 0 aliphatic carbocycles. The lowest BCUT2D eigenvalue weighted by Crippen LogP contribution is -2.53. The molecule has 3 aliphatic rings. The van der Waals surface area contributed by atoms with Gasteiger partial charge in [0.05, 0.1) is 41.8 Å². The smallest absolute Gasteiger partial charge is 0.247 e. The number of methoxy groups -OCH3 is 1. The molecule has 3 aromatic rings. The molecule has 2 aromatic carbocycles. The number of hydrogen-bond donors (Lipinski definition) is 2. The maximum Gasteiger partial charge on any atom is 0.247 e.